The van der Waals surface area contributed by atoms with Crippen LogP contribution in [0.1, 0.15) is 0 Å². The Labute approximate surface area is 63.5 Å². The summed E-state index contributed by atoms with van der Waals surface area (Å²) in [5.74, 6) is 0. The maximum atomic E-state index is 5.08. The summed E-state index contributed by atoms with van der Waals surface area (Å²) in [6, 6.07) is 0. The van der Waals surface area contributed by atoms with E-state index in [1.54, 1.807) is 0 Å². The molecule has 0 unspecified atom stereocenters. The zero-order valence-electron chi connectivity index (χ0n) is 4.11. The van der Waals surface area contributed by atoms with Crippen molar-refractivity contribution in [2.75, 3.05) is 0 Å². The standard InChI is InChI=1S/3C2H.HI.Sn/c3*1-2;;/h3*1H;1H;/q;;;;+1/p-1. The van der Waals surface area contributed by atoms with Gasteiger partial charge in [0.15, 0.2) is 0 Å². The minimum atomic E-state index is -2.78. The van der Waals surface area contributed by atoms with Crippen molar-refractivity contribution < 1.29 is 0 Å². The van der Waals surface area contributed by atoms with E-state index in [0.29, 0.717) is 0 Å². The molecular formula is C6H3ISn. The van der Waals surface area contributed by atoms with Crippen LogP contribution in [0.2, 0.25) is 0 Å². The maximum absolute atomic E-state index is 5.08. The molecule has 0 spiro atoms. The summed E-state index contributed by atoms with van der Waals surface area (Å²) in [6.07, 6.45) is 15.2. The van der Waals surface area contributed by atoms with Crippen LogP contribution >= 0.6 is 18.6 Å². The molecule has 0 heterocycles. The predicted molar refractivity (Wildman–Crippen MR) is 46.3 cm³/mol. The number of hydrogen-bond donors (Lipinski definition) is 0. The molecule has 0 amide bonds. The van der Waals surface area contributed by atoms with Gasteiger partial charge in [-0.15, -0.1) is 0 Å². The van der Waals surface area contributed by atoms with Gasteiger partial charge in [0.1, 0.15) is 0 Å². The van der Waals surface area contributed by atoms with E-state index in [2.05, 4.69) is 30.4 Å². The summed E-state index contributed by atoms with van der Waals surface area (Å²) in [5.41, 5.74) is 0. The molecular weight excluding hydrogens is 318 g/mol. The van der Waals surface area contributed by atoms with Gasteiger partial charge in [-0.2, -0.15) is 0 Å². The molecule has 0 saturated heterocycles. The molecule has 0 aliphatic rings. The van der Waals surface area contributed by atoms with Crippen LogP contribution in [0.25, 0.3) is 0 Å². The second kappa shape index (κ2) is 3.28. The topological polar surface area (TPSA) is 0 Å². The molecule has 0 aromatic rings. The molecule has 2 heteroatoms. The molecule has 0 atom stereocenters. The second-order valence-corrected chi connectivity index (χ2v) is 18.2. The Hall–Kier alpha value is 0.209. The molecule has 0 nitrogen and oxygen atoms in total. The van der Waals surface area contributed by atoms with Gasteiger partial charge in [-0.1, -0.05) is 0 Å². The minimum absolute atomic E-state index is 2.07. The van der Waals surface area contributed by atoms with Crippen LogP contribution in [-0.2, 0) is 0 Å². The molecule has 0 aromatic carbocycles. The van der Waals surface area contributed by atoms with Crippen molar-refractivity contribution >= 4 is 33.0 Å². The van der Waals surface area contributed by atoms with E-state index in [9.17, 15) is 0 Å². The molecule has 0 radical (unpaired) electrons. The van der Waals surface area contributed by atoms with E-state index in [1.807, 2.05) is 0 Å². The second-order valence-electron chi connectivity index (χ2n) is 1.09. The zero-order valence-corrected chi connectivity index (χ0v) is 9.12. The summed E-state index contributed by atoms with van der Waals surface area (Å²) < 4.78 is 7.51. The zero-order chi connectivity index (χ0) is 6.62. The number of hydrogen-bond acceptors (Lipinski definition) is 0. The first kappa shape index (κ1) is 8.21. The average molecular weight is 321 g/mol. The van der Waals surface area contributed by atoms with Crippen molar-refractivity contribution in [3.8, 4) is 31.1 Å². The van der Waals surface area contributed by atoms with Crippen LogP contribution in [-0.4, -0.2) is 14.4 Å². The van der Waals surface area contributed by atoms with Crippen molar-refractivity contribution in [2.45, 2.75) is 0 Å². The molecule has 0 aromatic heterocycles. The Morgan fingerprint density at radius 3 is 1.25 bits per heavy atom. The van der Waals surface area contributed by atoms with Crippen molar-refractivity contribution in [1.29, 1.82) is 0 Å². The Morgan fingerprint density at radius 2 is 1.25 bits per heavy atom. The van der Waals surface area contributed by atoms with Crippen molar-refractivity contribution in [3.63, 3.8) is 0 Å². The monoisotopic (exact) mass is 322 g/mol. The molecule has 0 fully saturated rings. The Kier molecular flexibility index (Phi) is 3.36. The van der Waals surface area contributed by atoms with Crippen LogP contribution in [0.3, 0.4) is 0 Å². The van der Waals surface area contributed by atoms with Gasteiger partial charge in [-0.05, 0) is 0 Å². The van der Waals surface area contributed by atoms with Gasteiger partial charge in [-0.25, -0.2) is 0 Å². The fourth-order valence-electron chi connectivity index (χ4n) is 0.125. The quantitative estimate of drug-likeness (QED) is 0.353. The molecule has 38 valence electrons. The summed E-state index contributed by atoms with van der Waals surface area (Å²) in [4.78, 5) is 0. The predicted octanol–water partition coefficient (Wildman–Crippen LogP) is 0.884. The van der Waals surface area contributed by atoms with Crippen LogP contribution < -0.4 is 0 Å². The molecule has 0 N–H and O–H groups in total. The van der Waals surface area contributed by atoms with Crippen molar-refractivity contribution in [3.05, 3.63) is 0 Å². The van der Waals surface area contributed by atoms with E-state index in [0.717, 1.165) is 0 Å². The van der Waals surface area contributed by atoms with Gasteiger partial charge in [0.2, 0.25) is 0 Å². The van der Waals surface area contributed by atoms with Gasteiger partial charge in [0.25, 0.3) is 0 Å². The first-order valence-corrected chi connectivity index (χ1v) is 14.4. The summed E-state index contributed by atoms with van der Waals surface area (Å²) in [6.45, 7) is 0. The normalized spacial score (nSPS) is 8.25. The number of terminal acetylenes is 3. The molecule has 0 rings (SSSR count). The van der Waals surface area contributed by atoms with Crippen LogP contribution in [0.15, 0.2) is 0 Å². The Bertz CT molecular complexity index is 162. The van der Waals surface area contributed by atoms with Crippen molar-refractivity contribution in [2.24, 2.45) is 0 Å². The Balaban J connectivity index is 4.42. The van der Waals surface area contributed by atoms with E-state index in [1.165, 1.54) is 0 Å². The van der Waals surface area contributed by atoms with Gasteiger partial charge < -0.3 is 0 Å². The Morgan fingerprint density at radius 1 is 1.00 bits per heavy atom. The third-order valence-corrected chi connectivity index (χ3v) is 10.3. The van der Waals surface area contributed by atoms with E-state index < -0.39 is 14.4 Å². The molecule has 0 aliphatic carbocycles. The first-order chi connectivity index (χ1) is 3.68. The summed E-state index contributed by atoms with van der Waals surface area (Å²) >= 11 is -0.713. The van der Waals surface area contributed by atoms with Gasteiger partial charge >= 0.3 is 64.1 Å². The SMILES string of the molecule is C#[C][Sn]([I])([C]#C)[C]#C. The van der Waals surface area contributed by atoms with Crippen LogP contribution in [0.4, 0.5) is 0 Å². The third kappa shape index (κ3) is 1.99. The van der Waals surface area contributed by atoms with E-state index >= 15 is 0 Å². The van der Waals surface area contributed by atoms with E-state index in [4.69, 9.17) is 19.3 Å². The van der Waals surface area contributed by atoms with Crippen molar-refractivity contribution in [1.82, 2.24) is 0 Å². The number of rotatable bonds is 0. The van der Waals surface area contributed by atoms with Gasteiger partial charge in [0, 0.05) is 0 Å². The average Bonchev–Trinajstić information content (AvgIpc) is 1.87. The summed E-state index contributed by atoms with van der Waals surface area (Å²) in [7, 11) is 0. The van der Waals surface area contributed by atoms with Gasteiger partial charge in [-0.3, -0.25) is 0 Å². The van der Waals surface area contributed by atoms with Gasteiger partial charge in [0.05, 0.1) is 0 Å². The molecule has 0 saturated carbocycles. The molecule has 8 heavy (non-hydrogen) atoms. The van der Waals surface area contributed by atoms with Crippen LogP contribution in [0.5, 0.6) is 0 Å². The molecule has 0 aliphatic heterocycles. The number of halogens is 1. The first-order valence-electron chi connectivity index (χ1n) is 1.81. The fraction of sp³-hybridized carbons (Fsp3) is 0. The van der Waals surface area contributed by atoms with E-state index in [-0.39, 0.29) is 0 Å². The fourth-order valence-corrected chi connectivity index (χ4v) is 0.839. The van der Waals surface area contributed by atoms with Crippen LogP contribution in [0, 0.1) is 31.1 Å². The molecule has 0 bridgehead atoms. The summed E-state index contributed by atoms with van der Waals surface area (Å²) in [5, 5.41) is 0. The third-order valence-electron chi connectivity index (χ3n) is 0.597.